The molecule has 0 aromatic heterocycles. The van der Waals surface area contributed by atoms with E-state index in [1.54, 1.807) is 24.3 Å². The van der Waals surface area contributed by atoms with Gasteiger partial charge in [0.05, 0.1) is 10.9 Å². The van der Waals surface area contributed by atoms with Gasteiger partial charge in [-0.05, 0) is 59.4 Å². The summed E-state index contributed by atoms with van der Waals surface area (Å²) in [6.07, 6.45) is 0.549. The molecule has 35 heavy (non-hydrogen) atoms. The number of nitrogens with zero attached hydrogens (tertiary/aromatic N) is 1. The van der Waals surface area contributed by atoms with Crippen LogP contribution in [0.5, 0.6) is 0 Å². The molecule has 0 aliphatic carbocycles. The van der Waals surface area contributed by atoms with Gasteiger partial charge in [0, 0.05) is 0 Å². The molecule has 0 radical (unpaired) electrons. The molecule has 4 aromatic rings. The molecule has 178 valence electrons. The van der Waals surface area contributed by atoms with Gasteiger partial charge in [0.25, 0.3) is 10.0 Å². The first-order valence-electron chi connectivity index (χ1n) is 11.9. The van der Waals surface area contributed by atoms with Gasteiger partial charge in [-0.1, -0.05) is 98.3 Å². The topological polar surface area (TPSA) is 54.5 Å². The van der Waals surface area contributed by atoms with E-state index in [0.717, 1.165) is 31.8 Å². The molecule has 0 spiro atoms. The van der Waals surface area contributed by atoms with Crippen molar-refractivity contribution in [1.82, 2.24) is 4.31 Å². The van der Waals surface area contributed by atoms with Crippen LogP contribution < -0.4 is 0 Å². The zero-order chi connectivity index (χ0) is 24.8. The highest BCUT2D eigenvalue weighted by Gasteiger charge is 2.65. The van der Waals surface area contributed by atoms with E-state index in [4.69, 9.17) is 0 Å². The number of β-lactam (4-membered cyclic amide) rings is 1. The molecule has 0 N–H and O–H groups in total. The van der Waals surface area contributed by atoms with E-state index in [1.807, 2.05) is 79.7 Å². The van der Waals surface area contributed by atoms with Crippen LogP contribution in [0, 0.1) is 12.8 Å². The summed E-state index contributed by atoms with van der Waals surface area (Å²) in [5, 5.41) is 2.09. The fourth-order valence-electron chi connectivity index (χ4n) is 5.41. The zero-order valence-electron chi connectivity index (χ0n) is 20.2. The SMILES string of the molecule is Cc1ccc(S(=O)(=O)N2C(=O)[C@](CC(C)C)(c3ccccc3)[C@@H]2c2ccc3ccccc3c2)cc1. The van der Waals surface area contributed by atoms with Crippen LogP contribution in [0.3, 0.4) is 0 Å². The van der Waals surface area contributed by atoms with E-state index in [1.165, 1.54) is 0 Å². The van der Waals surface area contributed by atoms with E-state index in [2.05, 4.69) is 13.8 Å². The van der Waals surface area contributed by atoms with Crippen molar-refractivity contribution in [2.45, 2.75) is 43.5 Å². The number of amides is 1. The molecule has 1 saturated heterocycles. The predicted molar refractivity (Wildman–Crippen MR) is 139 cm³/mol. The maximum absolute atomic E-state index is 14.1. The Hall–Kier alpha value is -3.44. The molecule has 4 aromatic carbocycles. The average Bonchev–Trinajstić information content (AvgIpc) is 2.85. The van der Waals surface area contributed by atoms with Crippen LogP contribution >= 0.6 is 0 Å². The summed E-state index contributed by atoms with van der Waals surface area (Å²) >= 11 is 0. The normalized spacial score (nSPS) is 20.3. The average molecular weight is 484 g/mol. The first kappa shape index (κ1) is 23.3. The lowest BCUT2D eigenvalue weighted by Crippen LogP contribution is -2.67. The van der Waals surface area contributed by atoms with Gasteiger partial charge in [-0.3, -0.25) is 4.79 Å². The number of rotatable bonds is 6. The molecule has 5 rings (SSSR count). The van der Waals surface area contributed by atoms with Gasteiger partial charge in [-0.25, -0.2) is 12.7 Å². The number of carbonyl (C=O) groups excluding carboxylic acids is 1. The highest BCUT2D eigenvalue weighted by molar-refractivity contribution is 7.89. The summed E-state index contributed by atoms with van der Waals surface area (Å²) in [7, 11) is -4.05. The van der Waals surface area contributed by atoms with Crippen LogP contribution in [-0.2, 0) is 20.2 Å². The smallest absolute Gasteiger partial charge is 0.267 e. The molecule has 1 aliphatic heterocycles. The Morgan fingerprint density at radius 2 is 1.46 bits per heavy atom. The fraction of sp³-hybridized carbons (Fsp3) is 0.233. The first-order valence-corrected chi connectivity index (χ1v) is 13.4. The number of carbonyl (C=O) groups is 1. The van der Waals surface area contributed by atoms with Gasteiger partial charge in [-0.15, -0.1) is 0 Å². The third-order valence-corrected chi connectivity index (χ3v) is 8.73. The summed E-state index contributed by atoms with van der Waals surface area (Å²) < 4.78 is 28.9. The molecule has 1 aliphatic rings. The monoisotopic (exact) mass is 483 g/mol. The van der Waals surface area contributed by atoms with Crippen molar-refractivity contribution in [2.75, 3.05) is 0 Å². The molecule has 1 heterocycles. The van der Waals surface area contributed by atoms with E-state index >= 15 is 0 Å². The van der Waals surface area contributed by atoms with E-state index < -0.39 is 21.5 Å². The second-order valence-corrected chi connectivity index (χ2v) is 11.7. The van der Waals surface area contributed by atoms with Crippen molar-refractivity contribution in [3.05, 3.63) is 114 Å². The summed E-state index contributed by atoms with van der Waals surface area (Å²) in [6.45, 7) is 6.06. The largest absolute Gasteiger partial charge is 0.273 e. The maximum Gasteiger partial charge on any atom is 0.267 e. The Labute approximate surface area is 207 Å². The lowest BCUT2D eigenvalue weighted by atomic mass is 9.61. The molecule has 1 amide bonds. The number of fused-ring (bicyclic) bond motifs is 1. The van der Waals surface area contributed by atoms with Crippen LogP contribution in [0.1, 0.15) is 43.0 Å². The number of sulfonamides is 1. The number of benzene rings is 4. The second kappa shape index (κ2) is 8.65. The van der Waals surface area contributed by atoms with E-state index in [-0.39, 0.29) is 16.7 Å². The molecule has 2 atom stereocenters. The van der Waals surface area contributed by atoms with Crippen molar-refractivity contribution in [3.8, 4) is 0 Å². The van der Waals surface area contributed by atoms with E-state index in [9.17, 15) is 13.2 Å². The van der Waals surface area contributed by atoms with Crippen LogP contribution in [0.4, 0.5) is 0 Å². The van der Waals surface area contributed by atoms with Crippen molar-refractivity contribution in [3.63, 3.8) is 0 Å². The van der Waals surface area contributed by atoms with Crippen LogP contribution in [0.2, 0.25) is 0 Å². The number of aryl methyl sites for hydroxylation is 1. The predicted octanol–water partition coefficient (Wildman–Crippen LogP) is 6.40. The quantitative estimate of drug-likeness (QED) is 0.298. The molecule has 0 saturated carbocycles. The Morgan fingerprint density at radius 1 is 0.829 bits per heavy atom. The molecule has 1 fully saturated rings. The lowest BCUT2D eigenvalue weighted by Gasteiger charge is -2.56. The second-order valence-electron chi connectivity index (χ2n) is 9.86. The zero-order valence-corrected chi connectivity index (χ0v) is 21.0. The van der Waals surface area contributed by atoms with Gasteiger partial charge in [0.2, 0.25) is 5.91 Å². The highest BCUT2D eigenvalue weighted by atomic mass is 32.2. The molecular weight excluding hydrogens is 454 g/mol. The Morgan fingerprint density at radius 3 is 2.11 bits per heavy atom. The number of hydrogen-bond acceptors (Lipinski definition) is 3. The molecular formula is C30H29NO3S. The van der Waals surface area contributed by atoms with Gasteiger partial charge < -0.3 is 0 Å². The highest BCUT2D eigenvalue weighted by Crippen LogP contribution is 2.57. The van der Waals surface area contributed by atoms with Gasteiger partial charge in [-0.2, -0.15) is 0 Å². The Kier molecular flexibility index (Phi) is 5.76. The van der Waals surface area contributed by atoms with Crippen molar-refractivity contribution < 1.29 is 13.2 Å². The van der Waals surface area contributed by atoms with Gasteiger partial charge in [0.1, 0.15) is 5.41 Å². The third-order valence-electron chi connectivity index (χ3n) is 6.97. The number of hydrogen-bond donors (Lipinski definition) is 0. The minimum absolute atomic E-state index is 0.133. The third kappa shape index (κ3) is 3.75. The lowest BCUT2D eigenvalue weighted by molar-refractivity contribution is -0.152. The fourth-order valence-corrected chi connectivity index (χ4v) is 7.08. The maximum atomic E-state index is 14.1. The van der Waals surface area contributed by atoms with Crippen LogP contribution in [-0.4, -0.2) is 18.6 Å². The summed E-state index contributed by atoms with van der Waals surface area (Å²) in [5.74, 6) is -0.178. The molecule has 4 nitrogen and oxygen atoms in total. The molecule has 0 bridgehead atoms. The van der Waals surface area contributed by atoms with Crippen molar-refractivity contribution in [1.29, 1.82) is 0 Å². The minimum atomic E-state index is -4.05. The summed E-state index contributed by atoms with van der Waals surface area (Å²) in [4.78, 5) is 14.2. The Bertz CT molecular complexity index is 1490. The van der Waals surface area contributed by atoms with Crippen LogP contribution in [0.15, 0.2) is 102 Å². The van der Waals surface area contributed by atoms with Gasteiger partial charge in [0.15, 0.2) is 0 Å². The minimum Gasteiger partial charge on any atom is -0.273 e. The Balaban J connectivity index is 1.74. The molecule has 5 heteroatoms. The first-order chi connectivity index (χ1) is 16.7. The van der Waals surface area contributed by atoms with E-state index in [0.29, 0.717) is 6.42 Å². The van der Waals surface area contributed by atoms with Gasteiger partial charge >= 0.3 is 0 Å². The van der Waals surface area contributed by atoms with Crippen molar-refractivity contribution >= 4 is 26.7 Å². The summed E-state index contributed by atoms with van der Waals surface area (Å²) in [6, 6.07) is 29.7. The summed E-state index contributed by atoms with van der Waals surface area (Å²) in [5.41, 5.74) is 1.68. The van der Waals surface area contributed by atoms with Crippen LogP contribution in [0.25, 0.3) is 10.8 Å². The van der Waals surface area contributed by atoms with Crippen molar-refractivity contribution in [2.24, 2.45) is 5.92 Å². The standard InChI is InChI=1S/C30H29NO3S/c1-21(2)20-30(26-11-5-4-6-12-26)28(25-16-15-23-9-7-8-10-24(23)19-25)31(29(30)32)35(33,34)27-17-13-22(3)14-18-27/h4-19,21,28H,20H2,1-3H3/t28-,30+/m0/s1. The molecule has 0 unspecified atom stereocenters.